The predicted octanol–water partition coefficient (Wildman–Crippen LogP) is 6.09. The van der Waals surface area contributed by atoms with E-state index in [4.69, 9.17) is 16.3 Å². The van der Waals surface area contributed by atoms with E-state index in [2.05, 4.69) is 15.4 Å². The van der Waals surface area contributed by atoms with Gasteiger partial charge in [-0.25, -0.2) is 4.68 Å². The second-order valence-electron chi connectivity index (χ2n) is 8.62. The van der Waals surface area contributed by atoms with Crippen molar-refractivity contribution in [2.45, 2.75) is 20.8 Å². The highest BCUT2D eigenvalue weighted by atomic mass is 35.5. The van der Waals surface area contributed by atoms with Crippen LogP contribution in [0.15, 0.2) is 66.7 Å². The molecule has 4 aromatic rings. The fourth-order valence-electron chi connectivity index (χ4n) is 3.35. The highest BCUT2D eigenvalue weighted by Gasteiger charge is 2.18. The third-order valence-electron chi connectivity index (χ3n) is 5.22. The second-order valence-corrected chi connectivity index (χ2v) is 9.03. The smallest absolute Gasteiger partial charge is 0.336 e. The van der Waals surface area contributed by atoms with Gasteiger partial charge in [-0.2, -0.15) is 4.98 Å². The van der Waals surface area contributed by atoms with Crippen LogP contribution in [-0.2, 0) is 0 Å². The maximum Gasteiger partial charge on any atom is 0.336 e. The van der Waals surface area contributed by atoms with Crippen molar-refractivity contribution >= 4 is 28.9 Å². The van der Waals surface area contributed by atoms with Crippen molar-refractivity contribution in [2.75, 3.05) is 11.9 Å². The van der Waals surface area contributed by atoms with Gasteiger partial charge < -0.3 is 10.1 Å². The van der Waals surface area contributed by atoms with Crippen LogP contribution in [0.25, 0.3) is 17.1 Å². The topological polar surface area (TPSA) is 112 Å². The quantitative estimate of drug-likeness (QED) is 0.229. The Morgan fingerprint density at radius 2 is 1.81 bits per heavy atom. The molecule has 0 saturated heterocycles. The van der Waals surface area contributed by atoms with Gasteiger partial charge >= 0.3 is 6.01 Å². The molecule has 10 heteroatoms. The van der Waals surface area contributed by atoms with Crippen molar-refractivity contribution < 1.29 is 14.5 Å². The molecule has 184 valence electrons. The van der Waals surface area contributed by atoms with Gasteiger partial charge in [0.15, 0.2) is 5.82 Å². The summed E-state index contributed by atoms with van der Waals surface area (Å²) in [7, 11) is 0. The van der Waals surface area contributed by atoms with Crippen molar-refractivity contribution in [1.82, 2.24) is 14.8 Å². The Labute approximate surface area is 212 Å². The van der Waals surface area contributed by atoms with Crippen molar-refractivity contribution in [3.05, 3.63) is 93.0 Å². The van der Waals surface area contributed by atoms with Gasteiger partial charge in [-0.05, 0) is 49.2 Å². The monoisotopic (exact) mass is 505 g/mol. The fraction of sp³-hybridized carbons (Fsp3) is 0.192. The first-order chi connectivity index (χ1) is 17.2. The first-order valence-corrected chi connectivity index (χ1v) is 11.6. The minimum Gasteiger partial charge on any atom is -0.462 e. The lowest BCUT2D eigenvalue weighted by Crippen LogP contribution is -2.12. The average Bonchev–Trinajstić information content (AvgIpc) is 3.28. The van der Waals surface area contributed by atoms with Gasteiger partial charge in [0.1, 0.15) is 5.02 Å². The van der Waals surface area contributed by atoms with Crippen LogP contribution in [0.2, 0.25) is 5.02 Å². The number of nitrogens with one attached hydrogen (secondary N) is 1. The predicted molar refractivity (Wildman–Crippen MR) is 138 cm³/mol. The number of ether oxygens (including phenoxy) is 1. The second kappa shape index (κ2) is 10.6. The van der Waals surface area contributed by atoms with E-state index >= 15 is 0 Å². The Hall–Kier alpha value is -4.24. The Bertz CT molecular complexity index is 1400. The summed E-state index contributed by atoms with van der Waals surface area (Å²) >= 11 is 5.84. The normalized spacial score (nSPS) is 10.9. The van der Waals surface area contributed by atoms with E-state index in [1.54, 1.807) is 28.9 Å². The summed E-state index contributed by atoms with van der Waals surface area (Å²) in [5.74, 6) is 0.455. The molecule has 0 aliphatic heterocycles. The van der Waals surface area contributed by atoms with Gasteiger partial charge in [0, 0.05) is 22.9 Å². The number of carbonyl (C=O) groups excluding carboxylic acids is 1. The largest absolute Gasteiger partial charge is 0.462 e. The number of nitro benzene ring substituents is 1. The number of carbonyl (C=O) groups is 1. The van der Waals surface area contributed by atoms with Crippen LogP contribution in [-0.4, -0.2) is 32.2 Å². The molecule has 9 nitrogen and oxygen atoms in total. The molecule has 1 aromatic heterocycles. The number of hydrogen-bond donors (Lipinski definition) is 1. The lowest BCUT2D eigenvalue weighted by molar-refractivity contribution is -0.384. The molecule has 1 heterocycles. The Morgan fingerprint density at radius 3 is 2.44 bits per heavy atom. The summed E-state index contributed by atoms with van der Waals surface area (Å²) in [6, 6.07) is 19.1. The maximum absolute atomic E-state index is 12.6. The van der Waals surface area contributed by atoms with Crippen molar-refractivity contribution in [3.8, 4) is 23.1 Å². The van der Waals surface area contributed by atoms with E-state index in [0.29, 0.717) is 24.0 Å². The SMILES string of the molecule is Cc1ccc(-c2nc(OCC(C)C)nn2-c2ccc(NC(=O)c3ccc(Cl)c([N+](=O)[O-])c3)cc2)cc1. The summed E-state index contributed by atoms with van der Waals surface area (Å²) in [6.07, 6.45) is 0. The molecule has 0 aliphatic rings. The molecule has 0 fully saturated rings. The number of amides is 1. The van der Waals surface area contributed by atoms with Crippen LogP contribution in [0.1, 0.15) is 29.8 Å². The molecule has 0 saturated carbocycles. The zero-order valence-corrected chi connectivity index (χ0v) is 20.7. The number of halogens is 1. The first-order valence-electron chi connectivity index (χ1n) is 11.2. The van der Waals surface area contributed by atoms with Gasteiger partial charge in [-0.15, -0.1) is 5.10 Å². The van der Waals surface area contributed by atoms with E-state index in [9.17, 15) is 14.9 Å². The lowest BCUT2D eigenvalue weighted by atomic mass is 10.1. The minimum atomic E-state index is -0.628. The molecule has 0 spiro atoms. The molecule has 0 atom stereocenters. The van der Waals surface area contributed by atoms with E-state index < -0.39 is 10.8 Å². The molecule has 36 heavy (non-hydrogen) atoms. The first kappa shape index (κ1) is 24.9. The number of aryl methyl sites for hydroxylation is 1. The summed E-state index contributed by atoms with van der Waals surface area (Å²) in [6.45, 7) is 6.60. The molecule has 0 radical (unpaired) electrons. The molecule has 1 amide bonds. The van der Waals surface area contributed by atoms with Gasteiger partial charge in [-0.1, -0.05) is 55.3 Å². The lowest BCUT2D eigenvalue weighted by Gasteiger charge is -2.09. The standard InChI is InChI=1S/C26H24ClN5O4/c1-16(2)15-36-26-29-24(18-6-4-17(3)5-7-18)31(30-26)21-11-9-20(10-12-21)28-25(33)19-8-13-22(27)23(14-19)32(34)35/h4-14,16H,15H2,1-3H3,(H,28,33). The van der Waals surface area contributed by atoms with Gasteiger partial charge in [0.25, 0.3) is 11.6 Å². The van der Waals surface area contributed by atoms with E-state index in [-0.39, 0.29) is 22.3 Å². The summed E-state index contributed by atoms with van der Waals surface area (Å²) < 4.78 is 7.45. The van der Waals surface area contributed by atoms with Crippen LogP contribution in [0.4, 0.5) is 11.4 Å². The van der Waals surface area contributed by atoms with Crippen LogP contribution < -0.4 is 10.1 Å². The van der Waals surface area contributed by atoms with Crippen LogP contribution >= 0.6 is 11.6 Å². The average molecular weight is 506 g/mol. The Morgan fingerprint density at radius 1 is 1.11 bits per heavy atom. The highest BCUT2D eigenvalue weighted by molar-refractivity contribution is 6.32. The number of hydrogen-bond acceptors (Lipinski definition) is 6. The van der Waals surface area contributed by atoms with Gasteiger partial charge in [-0.3, -0.25) is 14.9 Å². The van der Waals surface area contributed by atoms with E-state index in [1.165, 1.54) is 12.1 Å². The minimum absolute atomic E-state index is 0.0325. The van der Waals surface area contributed by atoms with Crippen LogP contribution in [0.3, 0.4) is 0 Å². The molecule has 0 bridgehead atoms. The number of rotatable bonds is 8. The maximum atomic E-state index is 12.6. The molecule has 0 unspecified atom stereocenters. The molecule has 4 rings (SSSR count). The molecular formula is C26H24ClN5O4. The third kappa shape index (κ3) is 5.69. The number of nitrogens with zero attached hydrogens (tertiary/aromatic N) is 4. The zero-order chi connectivity index (χ0) is 25.8. The van der Waals surface area contributed by atoms with E-state index in [0.717, 1.165) is 22.9 Å². The number of aromatic nitrogens is 3. The van der Waals surface area contributed by atoms with Crippen LogP contribution in [0, 0.1) is 23.0 Å². The van der Waals surface area contributed by atoms with Crippen molar-refractivity contribution in [2.24, 2.45) is 5.92 Å². The van der Waals surface area contributed by atoms with Crippen molar-refractivity contribution in [3.63, 3.8) is 0 Å². The summed E-state index contributed by atoms with van der Waals surface area (Å²) in [4.78, 5) is 27.7. The Kier molecular flexibility index (Phi) is 7.30. The molecule has 1 N–H and O–H groups in total. The zero-order valence-electron chi connectivity index (χ0n) is 19.9. The van der Waals surface area contributed by atoms with Gasteiger partial charge in [0.05, 0.1) is 17.2 Å². The highest BCUT2D eigenvalue weighted by Crippen LogP contribution is 2.27. The van der Waals surface area contributed by atoms with Crippen LogP contribution in [0.5, 0.6) is 6.01 Å². The number of nitro groups is 1. The van der Waals surface area contributed by atoms with Crippen molar-refractivity contribution in [1.29, 1.82) is 0 Å². The fourth-order valence-corrected chi connectivity index (χ4v) is 3.53. The summed E-state index contributed by atoms with van der Waals surface area (Å²) in [5, 5.41) is 18.4. The third-order valence-corrected chi connectivity index (χ3v) is 5.54. The van der Waals surface area contributed by atoms with E-state index in [1.807, 2.05) is 45.0 Å². The Balaban J connectivity index is 1.59. The number of anilines is 1. The molecular weight excluding hydrogens is 482 g/mol. The van der Waals surface area contributed by atoms with Gasteiger partial charge in [0.2, 0.25) is 0 Å². The number of benzene rings is 3. The molecule has 0 aliphatic carbocycles. The molecule has 3 aromatic carbocycles. The summed E-state index contributed by atoms with van der Waals surface area (Å²) in [5.41, 5.74) is 3.04.